The topological polar surface area (TPSA) is 87.3 Å². The van der Waals surface area contributed by atoms with Gasteiger partial charge in [0.15, 0.2) is 0 Å². The van der Waals surface area contributed by atoms with Crippen LogP contribution in [0.4, 0.5) is 0 Å². The SMILES string of the molecule is CS(=O)(=O)NCCNC(=O)[C@@H]1CCCNC1.Cl. The number of hydrogen-bond acceptors (Lipinski definition) is 4. The lowest BCUT2D eigenvalue weighted by Gasteiger charge is -2.21. The quantitative estimate of drug-likeness (QED) is 0.570. The van der Waals surface area contributed by atoms with Gasteiger partial charge < -0.3 is 10.6 Å². The highest BCUT2D eigenvalue weighted by Crippen LogP contribution is 2.09. The predicted octanol–water partition coefficient (Wildman–Crippen LogP) is -0.927. The molecule has 0 radical (unpaired) electrons. The average molecular weight is 286 g/mol. The molecule has 3 N–H and O–H groups in total. The number of sulfonamides is 1. The number of rotatable bonds is 5. The van der Waals surface area contributed by atoms with Gasteiger partial charge >= 0.3 is 0 Å². The van der Waals surface area contributed by atoms with Gasteiger partial charge in [0.05, 0.1) is 12.2 Å². The van der Waals surface area contributed by atoms with Crippen molar-refractivity contribution < 1.29 is 13.2 Å². The fourth-order valence-corrected chi connectivity index (χ4v) is 2.11. The third-order valence-corrected chi connectivity index (χ3v) is 3.18. The van der Waals surface area contributed by atoms with Crippen molar-refractivity contribution >= 4 is 28.3 Å². The van der Waals surface area contributed by atoms with Crippen LogP contribution in [0.5, 0.6) is 0 Å². The number of nitrogens with one attached hydrogen (secondary N) is 3. The monoisotopic (exact) mass is 285 g/mol. The zero-order valence-corrected chi connectivity index (χ0v) is 11.5. The van der Waals surface area contributed by atoms with Crippen LogP contribution < -0.4 is 15.4 Å². The van der Waals surface area contributed by atoms with Gasteiger partial charge in [-0.2, -0.15) is 0 Å². The highest BCUT2D eigenvalue weighted by molar-refractivity contribution is 7.88. The van der Waals surface area contributed by atoms with E-state index in [2.05, 4.69) is 15.4 Å². The maximum atomic E-state index is 11.6. The summed E-state index contributed by atoms with van der Waals surface area (Å²) in [4.78, 5) is 11.6. The van der Waals surface area contributed by atoms with Crippen LogP contribution in [0.1, 0.15) is 12.8 Å². The number of piperidine rings is 1. The van der Waals surface area contributed by atoms with Crippen LogP contribution in [-0.2, 0) is 14.8 Å². The minimum absolute atomic E-state index is 0. The van der Waals surface area contributed by atoms with E-state index in [0.717, 1.165) is 25.6 Å². The lowest BCUT2D eigenvalue weighted by atomic mass is 9.99. The first kappa shape index (κ1) is 16.6. The first-order chi connectivity index (χ1) is 7.49. The van der Waals surface area contributed by atoms with Crippen molar-refractivity contribution in [2.24, 2.45) is 5.92 Å². The molecule has 1 aliphatic rings. The van der Waals surface area contributed by atoms with Crippen LogP contribution in [-0.4, -0.2) is 46.8 Å². The van der Waals surface area contributed by atoms with E-state index in [1.54, 1.807) is 0 Å². The first-order valence-corrected chi connectivity index (χ1v) is 7.31. The summed E-state index contributed by atoms with van der Waals surface area (Å²) in [5.41, 5.74) is 0. The standard InChI is InChI=1S/C9H19N3O3S.ClH/c1-16(14,15)12-6-5-11-9(13)8-3-2-4-10-7-8;/h8,10,12H,2-7H2,1H3,(H,11,13);1H/t8-;/m1./s1. The Hall–Kier alpha value is -0.370. The van der Waals surface area contributed by atoms with Gasteiger partial charge in [0.25, 0.3) is 0 Å². The van der Waals surface area contributed by atoms with Crippen molar-refractivity contribution in [3.05, 3.63) is 0 Å². The van der Waals surface area contributed by atoms with Crippen LogP contribution in [0.2, 0.25) is 0 Å². The summed E-state index contributed by atoms with van der Waals surface area (Å²) in [6.45, 7) is 2.26. The molecule has 0 aromatic heterocycles. The van der Waals surface area contributed by atoms with Crippen LogP contribution >= 0.6 is 12.4 Å². The molecule has 1 heterocycles. The lowest BCUT2D eigenvalue weighted by Crippen LogP contribution is -2.42. The van der Waals surface area contributed by atoms with Gasteiger partial charge in [-0.3, -0.25) is 4.79 Å². The predicted molar refractivity (Wildman–Crippen MR) is 68.7 cm³/mol. The van der Waals surface area contributed by atoms with E-state index in [1.807, 2.05) is 0 Å². The zero-order chi connectivity index (χ0) is 12.0. The van der Waals surface area contributed by atoms with Crippen LogP contribution in [0.25, 0.3) is 0 Å². The van der Waals surface area contributed by atoms with Gasteiger partial charge in [-0.25, -0.2) is 13.1 Å². The maximum absolute atomic E-state index is 11.6. The van der Waals surface area contributed by atoms with E-state index in [-0.39, 0.29) is 30.8 Å². The molecule has 1 rings (SSSR count). The Labute approximate surface area is 108 Å². The number of carbonyl (C=O) groups is 1. The van der Waals surface area contributed by atoms with E-state index in [4.69, 9.17) is 0 Å². The van der Waals surface area contributed by atoms with E-state index in [1.165, 1.54) is 0 Å². The van der Waals surface area contributed by atoms with Gasteiger partial charge in [0.2, 0.25) is 15.9 Å². The Kier molecular flexibility index (Phi) is 7.69. The molecule has 1 saturated heterocycles. The Balaban J connectivity index is 0.00000256. The molecule has 0 spiro atoms. The molecule has 8 heteroatoms. The molecule has 17 heavy (non-hydrogen) atoms. The van der Waals surface area contributed by atoms with E-state index >= 15 is 0 Å². The summed E-state index contributed by atoms with van der Waals surface area (Å²) in [6.07, 6.45) is 3.01. The molecule has 0 bridgehead atoms. The summed E-state index contributed by atoms with van der Waals surface area (Å²) in [7, 11) is -3.16. The summed E-state index contributed by atoms with van der Waals surface area (Å²) in [5, 5.41) is 5.88. The first-order valence-electron chi connectivity index (χ1n) is 5.42. The maximum Gasteiger partial charge on any atom is 0.224 e. The third-order valence-electron chi connectivity index (χ3n) is 2.46. The highest BCUT2D eigenvalue weighted by Gasteiger charge is 2.20. The van der Waals surface area contributed by atoms with Gasteiger partial charge in [0.1, 0.15) is 0 Å². The van der Waals surface area contributed by atoms with Crippen molar-refractivity contribution in [1.29, 1.82) is 0 Å². The number of carbonyl (C=O) groups excluding carboxylic acids is 1. The van der Waals surface area contributed by atoms with Gasteiger partial charge in [-0.05, 0) is 19.4 Å². The Morgan fingerprint density at radius 3 is 2.65 bits per heavy atom. The van der Waals surface area contributed by atoms with Gasteiger partial charge in [-0.15, -0.1) is 12.4 Å². The molecule has 0 aliphatic carbocycles. The normalized spacial score (nSPS) is 20.4. The second-order valence-electron chi connectivity index (χ2n) is 4.00. The fraction of sp³-hybridized carbons (Fsp3) is 0.889. The lowest BCUT2D eigenvalue weighted by molar-refractivity contribution is -0.125. The van der Waals surface area contributed by atoms with Gasteiger partial charge in [0, 0.05) is 19.6 Å². The Morgan fingerprint density at radius 2 is 2.12 bits per heavy atom. The minimum Gasteiger partial charge on any atom is -0.355 e. The number of amides is 1. The second-order valence-corrected chi connectivity index (χ2v) is 5.83. The zero-order valence-electron chi connectivity index (χ0n) is 9.86. The molecule has 0 unspecified atom stereocenters. The Morgan fingerprint density at radius 1 is 1.41 bits per heavy atom. The summed E-state index contributed by atoms with van der Waals surface area (Å²) >= 11 is 0. The van der Waals surface area contributed by atoms with Crippen molar-refractivity contribution in [3.8, 4) is 0 Å². The summed E-state index contributed by atoms with van der Waals surface area (Å²) in [5.74, 6) is 0.0227. The number of halogens is 1. The number of hydrogen-bond donors (Lipinski definition) is 3. The fourth-order valence-electron chi connectivity index (χ4n) is 1.64. The molecule has 1 fully saturated rings. The molecule has 6 nitrogen and oxygen atoms in total. The molecular formula is C9H20ClN3O3S. The van der Waals surface area contributed by atoms with Crippen LogP contribution in [0.15, 0.2) is 0 Å². The molecule has 0 aromatic rings. The second kappa shape index (κ2) is 7.86. The molecule has 1 amide bonds. The Bertz CT molecular complexity index is 328. The van der Waals surface area contributed by atoms with Crippen molar-refractivity contribution in [2.75, 3.05) is 32.4 Å². The van der Waals surface area contributed by atoms with Crippen molar-refractivity contribution in [2.45, 2.75) is 12.8 Å². The largest absolute Gasteiger partial charge is 0.355 e. The highest BCUT2D eigenvalue weighted by atomic mass is 35.5. The smallest absolute Gasteiger partial charge is 0.224 e. The minimum atomic E-state index is -3.16. The summed E-state index contributed by atoms with van der Waals surface area (Å²) in [6, 6.07) is 0. The molecule has 0 aromatic carbocycles. The van der Waals surface area contributed by atoms with Crippen molar-refractivity contribution in [1.82, 2.24) is 15.4 Å². The summed E-state index contributed by atoms with van der Waals surface area (Å²) < 4.78 is 23.8. The van der Waals surface area contributed by atoms with E-state index in [9.17, 15) is 13.2 Å². The van der Waals surface area contributed by atoms with Crippen LogP contribution in [0.3, 0.4) is 0 Å². The third kappa shape index (κ3) is 7.54. The van der Waals surface area contributed by atoms with E-state index < -0.39 is 10.0 Å². The average Bonchev–Trinajstić information content (AvgIpc) is 2.24. The molecular weight excluding hydrogens is 266 g/mol. The van der Waals surface area contributed by atoms with E-state index in [0.29, 0.717) is 13.1 Å². The molecule has 0 saturated carbocycles. The molecule has 102 valence electrons. The van der Waals surface area contributed by atoms with Crippen LogP contribution in [0, 0.1) is 5.92 Å². The van der Waals surface area contributed by atoms with Gasteiger partial charge in [-0.1, -0.05) is 0 Å². The van der Waals surface area contributed by atoms with Crippen molar-refractivity contribution in [3.63, 3.8) is 0 Å². The molecule has 1 aliphatic heterocycles. The molecule has 1 atom stereocenters.